The van der Waals surface area contributed by atoms with Crippen molar-refractivity contribution in [2.75, 3.05) is 13.2 Å². The van der Waals surface area contributed by atoms with Crippen LogP contribution in [-0.4, -0.2) is 35.1 Å². The van der Waals surface area contributed by atoms with Gasteiger partial charge < -0.3 is 14.5 Å². The van der Waals surface area contributed by atoms with E-state index in [0.29, 0.717) is 6.07 Å². The maximum absolute atomic E-state index is 11.7. The molecule has 0 unspecified atom stereocenters. The van der Waals surface area contributed by atoms with Gasteiger partial charge in [0.25, 0.3) is 0 Å². The molecule has 108 valence electrons. The van der Waals surface area contributed by atoms with Crippen LogP contribution in [0.5, 0.6) is 0 Å². The van der Waals surface area contributed by atoms with E-state index in [-0.39, 0.29) is 13.2 Å². The first-order valence-corrected chi connectivity index (χ1v) is 5.68. The van der Waals surface area contributed by atoms with Gasteiger partial charge in [-0.05, 0) is 13.8 Å². The van der Waals surface area contributed by atoms with Crippen LogP contribution in [0, 0.1) is 10.1 Å². The third kappa shape index (κ3) is 3.19. The highest BCUT2D eigenvalue weighted by Crippen LogP contribution is 2.14. The van der Waals surface area contributed by atoms with Gasteiger partial charge in [0, 0.05) is 6.07 Å². The summed E-state index contributed by atoms with van der Waals surface area (Å²) >= 11 is 0. The van der Waals surface area contributed by atoms with Crippen LogP contribution in [0.3, 0.4) is 0 Å². The SMILES string of the molecule is CCOC(=O)c1cc([N+](=O)[O-])c(=O)[nH]c1C(=O)OCC. The fraction of sp³-hybridized carbons (Fsp3) is 0.364. The van der Waals surface area contributed by atoms with Crippen LogP contribution in [0.1, 0.15) is 34.7 Å². The van der Waals surface area contributed by atoms with Gasteiger partial charge in [-0.25, -0.2) is 9.59 Å². The van der Waals surface area contributed by atoms with E-state index in [0.717, 1.165) is 0 Å². The molecule has 1 rings (SSSR count). The molecule has 9 heteroatoms. The van der Waals surface area contributed by atoms with Crippen molar-refractivity contribution in [3.05, 3.63) is 37.8 Å². The van der Waals surface area contributed by atoms with E-state index < -0.39 is 39.4 Å². The fourth-order valence-electron chi connectivity index (χ4n) is 1.39. The first-order valence-electron chi connectivity index (χ1n) is 5.68. The van der Waals surface area contributed by atoms with Gasteiger partial charge in [0.05, 0.1) is 23.7 Å². The Hall–Kier alpha value is -2.71. The molecular formula is C11H12N2O7. The Kier molecular flexibility index (Phi) is 4.95. The molecule has 0 spiro atoms. The second kappa shape index (κ2) is 6.45. The van der Waals surface area contributed by atoms with Gasteiger partial charge in [-0.1, -0.05) is 0 Å². The minimum Gasteiger partial charge on any atom is -0.462 e. The van der Waals surface area contributed by atoms with Crippen LogP contribution in [0.2, 0.25) is 0 Å². The number of carbonyl (C=O) groups excluding carboxylic acids is 2. The average Bonchev–Trinajstić information content (AvgIpc) is 2.38. The van der Waals surface area contributed by atoms with E-state index in [2.05, 4.69) is 9.47 Å². The third-order valence-electron chi connectivity index (χ3n) is 2.19. The molecule has 0 radical (unpaired) electrons. The molecule has 1 N–H and O–H groups in total. The van der Waals surface area contributed by atoms with Crippen LogP contribution in [0.4, 0.5) is 5.69 Å². The number of nitrogens with zero attached hydrogens (tertiary/aromatic N) is 1. The summed E-state index contributed by atoms with van der Waals surface area (Å²) in [6.45, 7) is 3.08. The van der Waals surface area contributed by atoms with Crippen LogP contribution >= 0.6 is 0 Å². The number of rotatable bonds is 5. The number of pyridine rings is 1. The zero-order valence-corrected chi connectivity index (χ0v) is 10.8. The van der Waals surface area contributed by atoms with E-state index in [9.17, 15) is 24.5 Å². The van der Waals surface area contributed by atoms with Crippen molar-refractivity contribution in [3.63, 3.8) is 0 Å². The average molecular weight is 284 g/mol. The molecule has 9 nitrogen and oxygen atoms in total. The van der Waals surface area contributed by atoms with Crippen molar-refractivity contribution in [1.29, 1.82) is 0 Å². The largest absolute Gasteiger partial charge is 0.462 e. The molecule has 1 aromatic heterocycles. The number of aromatic nitrogens is 1. The number of nitrogens with one attached hydrogen (secondary N) is 1. The molecule has 0 aliphatic carbocycles. The molecular weight excluding hydrogens is 272 g/mol. The Morgan fingerprint density at radius 1 is 1.25 bits per heavy atom. The molecule has 0 aliphatic heterocycles. The number of aromatic amines is 1. The van der Waals surface area contributed by atoms with Crippen molar-refractivity contribution in [2.24, 2.45) is 0 Å². The standard InChI is InChI=1S/C11H12N2O7/c1-3-19-10(15)6-5-7(13(17)18)9(14)12-8(6)11(16)20-4-2/h5H,3-4H2,1-2H3,(H,12,14). The normalized spacial score (nSPS) is 9.90. The quantitative estimate of drug-likeness (QED) is 0.477. The van der Waals surface area contributed by atoms with E-state index in [1.807, 2.05) is 4.98 Å². The molecule has 0 bridgehead atoms. The molecule has 0 atom stereocenters. The van der Waals surface area contributed by atoms with Crippen molar-refractivity contribution < 1.29 is 24.0 Å². The number of esters is 2. The number of hydrogen-bond donors (Lipinski definition) is 1. The molecule has 0 aliphatic rings. The van der Waals surface area contributed by atoms with Gasteiger partial charge in [-0.2, -0.15) is 0 Å². The van der Waals surface area contributed by atoms with Crippen LogP contribution in [0.25, 0.3) is 0 Å². The Labute approximate surface area is 112 Å². The summed E-state index contributed by atoms with van der Waals surface area (Å²) in [6, 6.07) is 0.697. The lowest BCUT2D eigenvalue weighted by Crippen LogP contribution is -2.23. The van der Waals surface area contributed by atoms with Crippen LogP contribution < -0.4 is 5.56 Å². The predicted molar refractivity (Wildman–Crippen MR) is 65.6 cm³/mol. The Balaban J connectivity index is 3.45. The molecule has 0 fully saturated rings. The highest BCUT2D eigenvalue weighted by Gasteiger charge is 2.26. The fourth-order valence-corrected chi connectivity index (χ4v) is 1.39. The number of ether oxygens (including phenoxy) is 2. The van der Waals surface area contributed by atoms with Crippen molar-refractivity contribution in [1.82, 2.24) is 4.98 Å². The number of hydrogen-bond acceptors (Lipinski definition) is 7. The topological polar surface area (TPSA) is 129 Å². The Morgan fingerprint density at radius 2 is 1.80 bits per heavy atom. The van der Waals surface area contributed by atoms with Crippen LogP contribution in [-0.2, 0) is 9.47 Å². The Morgan fingerprint density at radius 3 is 2.30 bits per heavy atom. The summed E-state index contributed by atoms with van der Waals surface area (Å²) in [5, 5.41) is 10.7. The number of carbonyl (C=O) groups is 2. The summed E-state index contributed by atoms with van der Waals surface area (Å²) in [4.78, 5) is 46.5. The molecule has 1 aromatic rings. The van der Waals surface area contributed by atoms with Gasteiger partial charge in [0.2, 0.25) is 0 Å². The lowest BCUT2D eigenvalue weighted by Gasteiger charge is -2.07. The molecule has 1 heterocycles. The first kappa shape index (κ1) is 15.3. The molecule has 0 saturated heterocycles. The molecule has 0 amide bonds. The second-order valence-electron chi connectivity index (χ2n) is 3.47. The molecule has 20 heavy (non-hydrogen) atoms. The summed E-state index contributed by atoms with van der Waals surface area (Å²) in [6.07, 6.45) is 0. The van der Waals surface area contributed by atoms with E-state index in [1.165, 1.54) is 13.8 Å². The molecule has 0 saturated carbocycles. The second-order valence-corrected chi connectivity index (χ2v) is 3.47. The van der Waals surface area contributed by atoms with Gasteiger partial charge in [-0.15, -0.1) is 0 Å². The first-order chi connectivity index (χ1) is 9.42. The zero-order valence-electron chi connectivity index (χ0n) is 10.8. The van der Waals surface area contributed by atoms with E-state index >= 15 is 0 Å². The molecule has 0 aromatic carbocycles. The zero-order chi connectivity index (χ0) is 15.3. The summed E-state index contributed by atoms with van der Waals surface area (Å²) in [5.74, 6) is -1.93. The Bertz CT molecular complexity index is 605. The monoisotopic (exact) mass is 284 g/mol. The van der Waals surface area contributed by atoms with Crippen LogP contribution in [0.15, 0.2) is 10.9 Å². The third-order valence-corrected chi connectivity index (χ3v) is 2.19. The van der Waals surface area contributed by atoms with Gasteiger partial charge in [0.1, 0.15) is 5.69 Å². The summed E-state index contributed by atoms with van der Waals surface area (Å²) in [5.41, 5.74) is -2.86. The smallest absolute Gasteiger partial charge is 0.355 e. The minimum atomic E-state index is -1.11. The summed E-state index contributed by atoms with van der Waals surface area (Å²) < 4.78 is 9.35. The summed E-state index contributed by atoms with van der Waals surface area (Å²) in [7, 11) is 0. The van der Waals surface area contributed by atoms with E-state index in [1.54, 1.807) is 0 Å². The highest BCUT2D eigenvalue weighted by molar-refractivity contribution is 6.02. The van der Waals surface area contributed by atoms with Crippen molar-refractivity contribution >= 4 is 17.6 Å². The lowest BCUT2D eigenvalue weighted by molar-refractivity contribution is -0.386. The van der Waals surface area contributed by atoms with Gasteiger partial charge >= 0.3 is 23.2 Å². The number of nitro groups is 1. The highest BCUT2D eigenvalue weighted by atomic mass is 16.6. The number of H-pyrrole nitrogens is 1. The van der Waals surface area contributed by atoms with Crippen molar-refractivity contribution in [3.8, 4) is 0 Å². The van der Waals surface area contributed by atoms with E-state index in [4.69, 9.17) is 0 Å². The van der Waals surface area contributed by atoms with Gasteiger partial charge in [-0.3, -0.25) is 14.9 Å². The minimum absolute atomic E-state index is 0.00796. The lowest BCUT2D eigenvalue weighted by atomic mass is 10.2. The predicted octanol–water partition coefficient (Wildman–Crippen LogP) is 0.637. The van der Waals surface area contributed by atoms with Crippen molar-refractivity contribution in [2.45, 2.75) is 13.8 Å². The maximum Gasteiger partial charge on any atom is 0.355 e. The maximum atomic E-state index is 11.7. The van der Waals surface area contributed by atoms with Gasteiger partial charge in [0.15, 0.2) is 0 Å².